The molecule has 1 atom stereocenters. The topological polar surface area (TPSA) is 35.5 Å². The fraction of sp³-hybridized carbons (Fsp3) is 0.667. The number of aliphatic hydroxyl groups excluding tert-OH is 1. The van der Waals surface area contributed by atoms with E-state index in [4.69, 9.17) is 5.11 Å². The van der Waals surface area contributed by atoms with Gasteiger partial charge in [0.15, 0.2) is 0 Å². The number of nitrogens with one attached hydrogen (secondary N) is 1. The van der Waals surface area contributed by atoms with Crippen LogP contribution < -0.4 is 10.2 Å². The van der Waals surface area contributed by atoms with Gasteiger partial charge in [-0.15, -0.1) is 0 Å². The number of fused-ring (bicyclic) bond motifs is 1. The Morgan fingerprint density at radius 2 is 2.14 bits per heavy atom. The number of benzene rings is 1. The molecule has 1 aliphatic heterocycles. The molecule has 1 unspecified atom stereocenters. The van der Waals surface area contributed by atoms with Crippen molar-refractivity contribution in [1.82, 2.24) is 5.32 Å². The molecule has 1 aliphatic rings. The van der Waals surface area contributed by atoms with E-state index < -0.39 is 0 Å². The van der Waals surface area contributed by atoms with Crippen molar-refractivity contribution in [2.45, 2.75) is 52.0 Å². The van der Waals surface area contributed by atoms with Crippen LogP contribution in [-0.4, -0.2) is 31.3 Å². The Morgan fingerprint density at radius 3 is 2.90 bits per heavy atom. The summed E-state index contributed by atoms with van der Waals surface area (Å²) in [4.78, 5) is 2.53. The first-order chi connectivity index (χ1) is 10.3. The number of aliphatic hydroxyl groups is 1. The minimum atomic E-state index is 0.322. The molecule has 0 spiro atoms. The van der Waals surface area contributed by atoms with E-state index in [9.17, 15) is 0 Å². The summed E-state index contributed by atoms with van der Waals surface area (Å²) in [5.41, 5.74) is 4.33. The lowest BCUT2D eigenvalue weighted by Crippen LogP contribution is -2.30. The Balaban J connectivity index is 2.02. The van der Waals surface area contributed by atoms with E-state index >= 15 is 0 Å². The average molecular weight is 290 g/mol. The van der Waals surface area contributed by atoms with Crippen molar-refractivity contribution in [2.75, 3.05) is 31.1 Å². The van der Waals surface area contributed by atoms with Gasteiger partial charge in [0.2, 0.25) is 0 Å². The number of unbranched alkanes of at least 4 members (excludes halogenated alkanes) is 2. The van der Waals surface area contributed by atoms with Gasteiger partial charge in [0, 0.05) is 31.4 Å². The van der Waals surface area contributed by atoms with Gasteiger partial charge in [-0.05, 0) is 62.8 Å². The third-order valence-electron chi connectivity index (χ3n) is 4.41. The first-order valence-corrected chi connectivity index (χ1v) is 8.48. The van der Waals surface area contributed by atoms with Gasteiger partial charge in [0.05, 0.1) is 0 Å². The van der Waals surface area contributed by atoms with Gasteiger partial charge in [0.25, 0.3) is 0 Å². The largest absolute Gasteiger partial charge is 0.396 e. The number of rotatable bonds is 8. The van der Waals surface area contributed by atoms with E-state index in [1.54, 1.807) is 0 Å². The molecule has 0 saturated carbocycles. The number of nitrogens with zero attached hydrogens (tertiary/aromatic N) is 1. The molecule has 1 heterocycles. The molecular weight excluding hydrogens is 260 g/mol. The van der Waals surface area contributed by atoms with Crippen LogP contribution in [0.15, 0.2) is 18.2 Å². The lowest BCUT2D eigenvalue weighted by Gasteiger charge is -2.32. The third kappa shape index (κ3) is 4.45. The Kier molecular flexibility index (Phi) is 6.52. The molecular formula is C18H30N2O. The van der Waals surface area contributed by atoms with E-state index in [0.717, 1.165) is 25.9 Å². The fourth-order valence-corrected chi connectivity index (χ4v) is 3.21. The van der Waals surface area contributed by atoms with Crippen molar-refractivity contribution in [2.24, 2.45) is 0 Å². The molecule has 0 saturated heterocycles. The summed E-state index contributed by atoms with van der Waals surface area (Å²) in [6.07, 6.45) is 5.69. The normalized spacial score (nSPS) is 15.9. The molecule has 1 aromatic carbocycles. The van der Waals surface area contributed by atoms with Crippen molar-refractivity contribution >= 4 is 5.69 Å². The highest BCUT2D eigenvalue weighted by Gasteiger charge is 2.17. The Morgan fingerprint density at radius 1 is 1.29 bits per heavy atom. The Bertz CT molecular complexity index is 433. The predicted molar refractivity (Wildman–Crippen MR) is 90.0 cm³/mol. The number of hydrogen-bond donors (Lipinski definition) is 2. The maximum Gasteiger partial charge on any atom is 0.0431 e. The minimum absolute atomic E-state index is 0.322. The molecule has 0 fully saturated rings. The highest BCUT2D eigenvalue weighted by Crippen LogP contribution is 2.30. The second-order valence-electron chi connectivity index (χ2n) is 6.04. The second kappa shape index (κ2) is 8.40. The van der Waals surface area contributed by atoms with Gasteiger partial charge in [-0.1, -0.05) is 19.1 Å². The van der Waals surface area contributed by atoms with Gasteiger partial charge in [-0.2, -0.15) is 0 Å². The molecule has 2 rings (SSSR count). The zero-order chi connectivity index (χ0) is 15.1. The highest BCUT2D eigenvalue weighted by atomic mass is 16.2. The van der Waals surface area contributed by atoms with Crippen LogP contribution in [-0.2, 0) is 6.42 Å². The van der Waals surface area contributed by atoms with E-state index in [-0.39, 0.29) is 0 Å². The quantitative estimate of drug-likeness (QED) is 0.721. The predicted octanol–water partition coefficient (Wildman–Crippen LogP) is 3.27. The lowest BCUT2D eigenvalue weighted by atomic mass is 9.96. The number of anilines is 1. The standard InChI is InChI=1S/C18H30N2O/c1-3-19-15(2)16-9-10-18-17(14-16)8-7-12-20(18)11-5-4-6-13-21/h9-10,14-15,19,21H,3-8,11-13H2,1-2H3. The van der Waals surface area contributed by atoms with Gasteiger partial charge in [0.1, 0.15) is 0 Å². The van der Waals surface area contributed by atoms with Crippen LogP contribution in [0.3, 0.4) is 0 Å². The summed E-state index contributed by atoms with van der Waals surface area (Å²) in [6, 6.07) is 7.41. The summed E-state index contributed by atoms with van der Waals surface area (Å²) < 4.78 is 0. The van der Waals surface area contributed by atoms with E-state index in [1.807, 2.05) is 0 Å². The molecule has 0 amide bonds. The second-order valence-corrected chi connectivity index (χ2v) is 6.04. The first kappa shape index (κ1) is 16.3. The smallest absolute Gasteiger partial charge is 0.0431 e. The Hall–Kier alpha value is -1.06. The zero-order valence-electron chi connectivity index (χ0n) is 13.6. The Labute approximate surface area is 129 Å². The van der Waals surface area contributed by atoms with Crippen molar-refractivity contribution in [1.29, 1.82) is 0 Å². The maximum absolute atomic E-state index is 8.87. The van der Waals surface area contributed by atoms with E-state index in [1.165, 1.54) is 42.6 Å². The van der Waals surface area contributed by atoms with Crippen LogP contribution in [0.4, 0.5) is 5.69 Å². The molecule has 0 bridgehead atoms. The van der Waals surface area contributed by atoms with Crippen LogP contribution >= 0.6 is 0 Å². The summed E-state index contributed by atoms with van der Waals surface area (Å²) in [5.74, 6) is 0. The van der Waals surface area contributed by atoms with Gasteiger partial charge in [-0.3, -0.25) is 0 Å². The molecule has 118 valence electrons. The highest BCUT2D eigenvalue weighted by molar-refractivity contribution is 5.57. The number of aryl methyl sites for hydroxylation is 1. The molecule has 0 aliphatic carbocycles. The summed E-state index contributed by atoms with van der Waals surface area (Å²) in [6.45, 7) is 8.02. The van der Waals surface area contributed by atoms with Crippen molar-refractivity contribution in [3.05, 3.63) is 29.3 Å². The average Bonchev–Trinajstić information content (AvgIpc) is 2.51. The molecule has 3 nitrogen and oxygen atoms in total. The van der Waals surface area contributed by atoms with Crippen LogP contribution in [0, 0.1) is 0 Å². The summed E-state index contributed by atoms with van der Waals surface area (Å²) in [5, 5.41) is 12.4. The summed E-state index contributed by atoms with van der Waals surface area (Å²) in [7, 11) is 0. The van der Waals surface area contributed by atoms with Crippen LogP contribution in [0.25, 0.3) is 0 Å². The van der Waals surface area contributed by atoms with E-state index in [2.05, 4.69) is 42.3 Å². The first-order valence-electron chi connectivity index (χ1n) is 8.48. The molecule has 21 heavy (non-hydrogen) atoms. The zero-order valence-corrected chi connectivity index (χ0v) is 13.6. The van der Waals surface area contributed by atoms with Crippen LogP contribution in [0.1, 0.15) is 56.7 Å². The van der Waals surface area contributed by atoms with Crippen molar-refractivity contribution in [3.8, 4) is 0 Å². The number of hydrogen-bond acceptors (Lipinski definition) is 3. The van der Waals surface area contributed by atoms with Crippen LogP contribution in [0.2, 0.25) is 0 Å². The van der Waals surface area contributed by atoms with Crippen molar-refractivity contribution < 1.29 is 5.11 Å². The minimum Gasteiger partial charge on any atom is -0.396 e. The monoisotopic (exact) mass is 290 g/mol. The molecule has 0 aromatic heterocycles. The van der Waals surface area contributed by atoms with Gasteiger partial charge >= 0.3 is 0 Å². The fourth-order valence-electron chi connectivity index (χ4n) is 3.21. The maximum atomic E-state index is 8.87. The molecule has 3 heteroatoms. The molecule has 1 aromatic rings. The van der Waals surface area contributed by atoms with E-state index in [0.29, 0.717) is 12.6 Å². The SMILES string of the molecule is CCNC(C)c1ccc2c(c1)CCCN2CCCCCO. The van der Waals surface area contributed by atoms with Gasteiger partial charge in [-0.25, -0.2) is 0 Å². The molecule has 2 N–H and O–H groups in total. The van der Waals surface area contributed by atoms with Gasteiger partial charge < -0.3 is 15.3 Å². The molecule has 0 radical (unpaired) electrons. The lowest BCUT2D eigenvalue weighted by molar-refractivity contribution is 0.283. The van der Waals surface area contributed by atoms with Crippen molar-refractivity contribution in [3.63, 3.8) is 0 Å². The summed E-state index contributed by atoms with van der Waals surface area (Å²) >= 11 is 0. The third-order valence-corrected chi connectivity index (χ3v) is 4.41. The van der Waals surface area contributed by atoms with Crippen LogP contribution in [0.5, 0.6) is 0 Å².